The van der Waals surface area contributed by atoms with E-state index in [1.165, 1.54) is 33.4 Å². The molecule has 0 atom stereocenters. The topological polar surface area (TPSA) is 21.7 Å². The lowest BCUT2D eigenvalue weighted by atomic mass is 9.69. The number of hydrogen-bond donors (Lipinski definition) is 0. The Hall–Kier alpha value is -5.28. The summed E-state index contributed by atoms with van der Waals surface area (Å²) in [6.45, 7) is 0. The molecule has 0 saturated heterocycles. The summed E-state index contributed by atoms with van der Waals surface area (Å²) in [4.78, 5) is 2.36. The molecule has 6 aromatic rings. The van der Waals surface area contributed by atoms with Gasteiger partial charge in [-0.05, 0) is 107 Å². The highest BCUT2D eigenvalue weighted by Crippen LogP contribution is 2.54. The van der Waals surface area contributed by atoms with Crippen LogP contribution >= 0.6 is 0 Å². The Balaban J connectivity index is 1.44. The average molecular weight is 574 g/mol. The molecule has 0 unspecified atom stereocenters. The standard InChI is InChI=1S/C41H35NO2/c1-43-35-22-17-30(18-23-35)28-41(29-31-19-24-36(44-2)25-20-31)39-16-10-9-15-37(39)38-26-21-34(27-40(38)41)42(32-11-5-3-6-12-32)33-13-7-4-8-14-33/h3-27H,28-29H2,1-2H3. The fourth-order valence-corrected chi connectivity index (χ4v) is 6.81. The third-order valence-corrected chi connectivity index (χ3v) is 8.87. The first kappa shape index (κ1) is 27.5. The predicted molar refractivity (Wildman–Crippen MR) is 181 cm³/mol. The monoisotopic (exact) mass is 573 g/mol. The number of para-hydroxylation sites is 2. The van der Waals surface area contributed by atoms with Crippen LogP contribution in [0, 0.1) is 0 Å². The molecule has 0 saturated carbocycles. The quantitative estimate of drug-likeness (QED) is 0.172. The van der Waals surface area contributed by atoms with E-state index in [4.69, 9.17) is 9.47 Å². The van der Waals surface area contributed by atoms with Gasteiger partial charge in [0.1, 0.15) is 11.5 Å². The van der Waals surface area contributed by atoms with Crippen molar-refractivity contribution in [1.29, 1.82) is 0 Å². The molecule has 0 amide bonds. The molecule has 0 N–H and O–H groups in total. The van der Waals surface area contributed by atoms with Gasteiger partial charge in [-0.15, -0.1) is 0 Å². The van der Waals surface area contributed by atoms with E-state index in [2.05, 4.69) is 157 Å². The van der Waals surface area contributed by atoms with Crippen molar-refractivity contribution in [3.8, 4) is 22.6 Å². The van der Waals surface area contributed by atoms with Gasteiger partial charge < -0.3 is 14.4 Å². The molecule has 0 bridgehead atoms. The SMILES string of the molecule is COc1ccc(CC2(Cc3ccc(OC)cc3)c3ccccc3-c3ccc(N(c4ccccc4)c4ccccc4)cc32)cc1. The van der Waals surface area contributed by atoms with Crippen LogP contribution in [0.15, 0.2) is 152 Å². The molecule has 0 radical (unpaired) electrons. The van der Waals surface area contributed by atoms with Crippen LogP contribution < -0.4 is 14.4 Å². The Morgan fingerprint density at radius 1 is 0.455 bits per heavy atom. The third-order valence-electron chi connectivity index (χ3n) is 8.87. The van der Waals surface area contributed by atoms with Crippen molar-refractivity contribution in [2.45, 2.75) is 18.3 Å². The molecule has 0 spiro atoms. The fraction of sp³-hybridized carbons (Fsp3) is 0.122. The number of ether oxygens (including phenoxy) is 2. The smallest absolute Gasteiger partial charge is 0.118 e. The van der Waals surface area contributed by atoms with Crippen LogP contribution in [-0.4, -0.2) is 14.2 Å². The van der Waals surface area contributed by atoms with Gasteiger partial charge >= 0.3 is 0 Å². The van der Waals surface area contributed by atoms with Crippen LogP contribution in [0.25, 0.3) is 11.1 Å². The van der Waals surface area contributed by atoms with Gasteiger partial charge in [0.15, 0.2) is 0 Å². The summed E-state index contributed by atoms with van der Waals surface area (Å²) in [5, 5.41) is 0. The van der Waals surface area contributed by atoms with Gasteiger partial charge in [0.25, 0.3) is 0 Å². The first-order chi connectivity index (χ1) is 21.7. The lowest BCUT2D eigenvalue weighted by Gasteiger charge is -2.34. The van der Waals surface area contributed by atoms with E-state index in [1.807, 2.05) is 0 Å². The number of rotatable bonds is 9. The van der Waals surface area contributed by atoms with Crippen LogP contribution in [0.5, 0.6) is 11.5 Å². The van der Waals surface area contributed by atoms with Crippen molar-refractivity contribution in [2.75, 3.05) is 19.1 Å². The Bertz CT molecular complexity index is 1770. The minimum atomic E-state index is -0.288. The number of nitrogens with zero attached hydrogens (tertiary/aromatic N) is 1. The number of anilines is 3. The van der Waals surface area contributed by atoms with Crippen LogP contribution in [0.2, 0.25) is 0 Å². The first-order valence-electron chi connectivity index (χ1n) is 15.1. The summed E-state index contributed by atoms with van der Waals surface area (Å²) in [5.41, 5.74) is 11.0. The summed E-state index contributed by atoms with van der Waals surface area (Å²) in [5.74, 6) is 1.74. The molecule has 7 rings (SSSR count). The van der Waals surface area contributed by atoms with E-state index in [1.54, 1.807) is 14.2 Å². The lowest BCUT2D eigenvalue weighted by Crippen LogP contribution is -2.31. The molecule has 3 heteroatoms. The molecule has 6 aromatic carbocycles. The van der Waals surface area contributed by atoms with Crippen LogP contribution in [0.4, 0.5) is 17.1 Å². The summed E-state index contributed by atoms with van der Waals surface area (Å²) < 4.78 is 11.0. The zero-order chi connectivity index (χ0) is 29.9. The predicted octanol–water partition coefficient (Wildman–Crippen LogP) is 9.93. The van der Waals surface area contributed by atoms with Gasteiger partial charge in [0, 0.05) is 22.5 Å². The maximum atomic E-state index is 5.50. The van der Waals surface area contributed by atoms with Crippen LogP contribution in [0.1, 0.15) is 22.3 Å². The Morgan fingerprint density at radius 3 is 1.45 bits per heavy atom. The van der Waals surface area contributed by atoms with Gasteiger partial charge in [-0.2, -0.15) is 0 Å². The molecule has 0 aliphatic heterocycles. The van der Waals surface area contributed by atoms with E-state index >= 15 is 0 Å². The summed E-state index contributed by atoms with van der Waals surface area (Å²) in [6.07, 6.45) is 1.71. The van der Waals surface area contributed by atoms with Crippen molar-refractivity contribution in [1.82, 2.24) is 0 Å². The van der Waals surface area contributed by atoms with Crippen molar-refractivity contribution in [3.05, 3.63) is 174 Å². The molecule has 3 nitrogen and oxygen atoms in total. The number of hydrogen-bond acceptors (Lipinski definition) is 3. The highest BCUT2D eigenvalue weighted by Gasteiger charge is 2.43. The van der Waals surface area contributed by atoms with Gasteiger partial charge in [0.2, 0.25) is 0 Å². The Labute approximate surface area is 260 Å². The van der Waals surface area contributed by atoms with E-state index in [9.17, 15) is 0 Å². The number of fused-ring (bicyclic) bond motifs is 3. The number of methoxy groups -OCH3 is 2. The molecular formula is C41H35NO2. The minimum absolute atomic E-state index is 0.288. The van der Waals surface area contributed by atoms with Crippen molar-refractivity contribution >= 4 is 17.1 Å². The molecule has 0 heterocycles. The van der Waals surface area contributed by atoms with E-state index in [-0.39, 0.29) is 5.41 Å². The first-order valence-corrected chi connectivity index (χ1v) is 15.1. The van der Waals surface area contributed by atoms with Crippen LogP contribution in [-0.2, 0) is 18.3 Å². The van der Waals surface area contributed by atoms with Gasteiger partial charge in [-0.1, -0.05) is 91.0 Å². The third kappa shape index (κ3) is 5.01. The highest BCUT2D eigenvalue weighted by molar-refractivity contribution is 5.86. The fourth-order valence-electron chi connectivity index (χ4n) is 6.81. The van der Waals surface area contributed by atoms with Crippen molar-refractivity contribution in [2.24, 2.45) is 0 Å². The molecule has 216 valence electrons. The van der Waals surface area contributed by atoms with Crippen molar-refractivity contribution in [3.63, 3.8) is 0 Å². The average Bonchev–Trinajstić information content (AvgIpc) is 3.35. The van der Waals surface area contributed by atoms with Gasteiger partial charge in [0.05, 0.1) is 14.2 Å². The largest absolute Gasteiger partial charge is 0.497 e. The molecule has 1 aliphatic carbocycles. The number of benzene rings is 6. The second-order valence-electron chi connectivity index (χ2n) is 11.4. The zero-order valence-electron chi connectivity index (χ0n) is 25.1. The molecule has 44 heavy (non-hydrogen) atoms. The Kier molecular flexibility index (Phi) is 7.37. The van der Waals surface area contributed by atoms with E-state index in [0.29, 0.717) is 0 Å². The second kappa shape index (κ2) is 11.8. The molecule has 0 aromatic heterocycles. The highest BCUT2D eigenvalue weighted by atomic mass is 16.5. The normalized spacial score (nSPS) is 12.7. The maximum Gasteiger partial charge on any atom is 0.118 e. The zero-order valence-corrected chi connectivity index (χ0v) is 25.1. The maximum absolute atomic E-state index is 5.50. The van der Waals surface area contributed by atoms with Gasteiger partial charge in [-0.3, -0.25) is 0 Å². The molecule has 1 aliphatic rings. The van der Waals surface area contributed by atoms with E-state index < -0.39 is 0 Å². The minimum Gasteiger partial charge on any atom is -0.497 e. The molecule has 0 fully saturated rings. The second-order valence-corrected chi connectivity index (χ2v) is 11.4. The van der Waals surface area contributed by atoms with Gasteiger partial charge in [-0.25, -0.2) is 0 Å². The van der Waals surface area contributed by atoms with Crippen LogP contribution in [0.3, 0.4) is 0 Å². The summed E-state index contributed by atoms with van der Waals surface area (Å²) >= 11 is 0. The lowest BCUT2D eigenvalue weighted by molar-refractivity contribution is 0.414. The molecular weight excluding hydrogens is 538 g/mol. The summed E-state index contributed by atoms with van der Waals surface area (Å²) in [7, 11) is 3.44. The van der Waals surface area contributed by atoms with Crippen molar-refractivity contribution < 1.29 is 9.47 Å². The Morgan fingerprint density at radius 2 is 0.932 bits per heavy atom. The van der Waals surface area contributed by atoms with E-state index in [0.717, 1.165) is 41.4 Å². The summed E-state index contributed by atoms with van der Waals surface area (Å²) in [6, 6.07) is 54.4.